The summed E-state index contributed by atoms with van der Waals surface area (Å²) in [6.45, 7) is -0.198. The maximum atomic E-state index is 13.5. The first kappa shape index (κ1) is 15.0. The van der Waals surface area contributed by atoms with E-state index in [0.29, 0.717) is 10.9 Å². The first-order valence-corrected chi connectivity index (χ1v) is 7.81. The molecule has 0 unspecified atom stereocenters. The number of fused-ring (bicyclic) bond motifs is 1. The number of azo groups is 1. The van der Waals surface area contributed by atoms with Crippen LogP contribution in [0.5, 0.6) is 5.88 Å². The van der Waals surface area contributed by atoms with E-state index >= 15 is 0 Å². The van der Waals surface area contributed by atoms with Crippen molar-refractivity contribution in [2.45, 2.75) is 6.04 Å². The van der Waals surface area contributed by atoms with Gasteiger partial charge in [0.1, 0.15) is 12.4 Å². The highest BCUT2D eigenvalue weighted by Gasteiger charge is 2.27. The van der Waals surface area contributed by atoms with E-state index in [1.807, 2.05) is 0 Å². The summed E-state index contributed by atoms with van der Waals surface area (Å²) in [6, 6.07) is 4.35. The molecule has 0 aliphatic carbocycles. The molecule has 0 bridgehead atoms. The monoisotopic (exact) mass is 323 g/mol. The average molecular weight is 323 g/mol. The number of hydrogen-bond acceptors (Lipinski definition) is 5. The van der Waals surface area contributed by atoms with Gasteiger partial charge in [-0.05, 0) is 18.2 Å². The van der Waals surface area contributed by atoms with Crippen LogP contribution in [-0.2, 0) is 9.53 Å². The van der Waals surface area contributed by atoms with Crippen LogP contribution in [0.2, 0.25) is 0 Å². The Kier molecular flexibility index (Phi) is 4.12. The maximum Gasteiger partial charge on any atom is 0.290 e. The van der Waals surface area contributed by atoms with Gasteiger partial charge in [0.05, 0.1) is 11.6 Å². The van der Waals surface area contributed by atoms with E-state index in [2.05, 4.69) is 15.0 Å². The van der Waals surface area contributed by atoms with Crippen LogP contribution in [0.15, 0.2) is 28.4 Å². The van der Waals surface area contributed by atoms with Crippen LogP contribution in [0.3, 0.4) is 0 Å². The molecule has 116 valence electrons. The molecule has 1 N–H and O–H groups in total. The molecule has 0 spiro atoms. The van der Waals surface area contributed by atoms with Crippen molar-refractivity contribution >= 4 is 34.3 Å². The number of aromatic hydroxyl groups is 1. The highest BCUT2D eigenvalue weighted by Crippen LogP contribution is 2.44. The third-order valence-corrected chi connectivity index (χ3v) is 4.67. The molecular weight excluding hydrogens is 309 g/mol. The van der Waals surface area contributed by atoms with Crippen molar-refractivity contribution in [3.8, 4) is 5.88 Å². The largest absolute Gasteiger partial charge is 0.493 e. The lowest BCUT2D eigenvalue weighted by atomic mass is 10.2. The van der Waals surface area contributed by atoms with Crippen LogP contribution in [0, 0.1) is 5.82 Å². The Morgan fingerprint density at radius 2 is 2.32 bits per heavy atom. The highest BCUT2D eigenvalue weighted by atomic mass is 32.2. The summed E-state index contributed by atoms with van der Waals surface area (Å²) >= 11 is 1.76. The van der Waals surface area contributed by atoms with Crippen molar-refractivity contribution in [2.75, 3.05) is 25.2 Å². The fourth-order valence-electron chi connectivity index (χ4n) is 2.36. The molecule has 1 fully saturated rings. The van der Waals surface area contributed by atoms with Gasteiger partial charge in [-0.2, -0.15) is 11.8 Å². The molecule has 8 heteroatoms. The van der Waals surface area contributed by atoms with Gasteiger partial charge in [-0.25, -0.2) is 4.39 Å². The van der Waals surface area contributed by atoms with Crippen LogP contribution >= 0.6 is 11.8 Å². The molecule has 22 heavy (non-hydrogen) atoms. The summed E-state index contributed by atoms with van der Waals surface area (Å²) in [5.74, 6) is 0.632. The molecule has 1 aromatic carbocycles. The Morgan fingerprint density at radius 1 is 1.55 bits per heavy atom. The summed E-state index contributed by atoms with van der Waals surface area (Å²) in [5, 5.41) is 18.2. The van der Waals surface area contributed by atoms with Crippen LogP contribution in [0.1, 0.15) is 6.04 Å². The molecule has 1 amide bonds. The molecular formula is C14H14FN3O3S. The summed E-state index contributed by atoms with van der Waals surface area (Å²) in [4.78, 5) is 11.4. The fraction of sp³-hybridized carbons (Fsp3) is 0.357. The summed E-state index contributed by atoms with van der Waals surface area (Å²) < 4.78 is 19.9. The smallest absolute Gasteiger partial charge is 0.290 e. The quantitative estimate of drug-likeness (QED) is 0.878. The minimum absolute atomic E-state index is 0.0973. The molecule has 1 aliphatic heterocycles. The summed E-state index contributed by atoms with van der Waals surface area (Å²) in [7, 11) is 1.38. The predicted octanol–water partition coefficient (Wildman–Crippen LogP) is 3.03. The van der Waals surface area contributed by atoms with Gasteiger partial charge in [0.25, 0.3) is 5.91 Å². The van der Waals surface area contributed by atoms with E-state index in [4.69, 9.17) is 0 Å². The van der Waals surface area contributed by atoms with Crippen LogP contribution in [0.25, 0.3) is 10.9 Å². The Morgan fingerprint density at radius 3 is 2.95 bits per heavy atom. The van der Waals surface area contributed by atoms with Crippen molar-refractivity contribution < 1.29 is 19.0 Å². The highest BCUT2D eigenvalue weighted by molar-refractivity contribution is 8.00. The maximum absolute atomic E-state index is 13.5. The molecule has 2 aromatic rings. The molecule has 0 radical (unpaired) electrons. The minimum atomic E-state index is -0.571. The molecule has 6 nitrogen and oxygen atoms in total. The van der Waals surface area contributed by atoms with Gasteiger partial charge in [0.15, 0.2) is 5.69 Å². The van der Waals surface area contributed by atoms with Crippen molar-refractivity contribution in [3.63, 3.8) is 0 Å². The number of rotatable bonds is 4. The molecule has 1 saturated heterocycles. The number of carbonyl (C=O) groups excluding carboxylic acids is 1. The van der Waals surface area contributed by atoms with E-state index < -0.39 is 11.7 Å². The van der Waals surface area contributed by atoms with E-state index in [-0.39, 0.29) is 24.2 Å². The second-order valence-corrected chi connectivity index (χ2v) is 6.00. The van der Waals surface area contributed by atoms with Crippen LogP contribution in [0.4, 0.5) is 10.1 Å². The number of hydrogen-bond donors (Lipinski definition) is 1. The van der Waals surface area contributed by atoms with Crippen molar-refractivity contribution in [3.05, 3.63) is 24.0 Å². The lowest BCUT2D eigenvalue weighted by molar-refractivity contribution is -0.121. The topological polar surface area (TPSA) is 76.2 Å². The number of carbonyl (C=O) groups is 1. The van der Waals surface area contributed by atoms with Crippen molar-refractivity contribution in [2.24, 2.45) is 10.2 Å². The minimum Gasteiger partial charge on any atom is -0.493 e. The van der Waals surface area contributed by atoms with Gasteiger partial charge in [-0.1, -0.05) is 0 Å². The van der Waals surface area contributed by atoms with E-state index in [1.54, 1.807) is 22.4 Å². The zero-order valence-electron chi connectivity index (χ0n) is 11.8. The summed E-state index contributed by atoms with van der Waals surface area (Å²) in [5.41, 5.74) is 0.785. The van der Waals surface area contributed by atoms with E-state index in [9.17, 15) is 14.3 Å². The number of nitrogens with zero attached hydrogens (tertiary/aromatic N) is 3. The molecule has 1 aliphatic rings. The predicted molar refractivity (Wildman–Crippen MR) is 81.3 cm³/mol. The Hall–Kier alpha value is -1.93. The number of ether oxygens (including phenoxy) is 1. The fourth-order valence-corrected chi connectivity index (χ4v) is 3.10. The average Bonchev–Trinajstić information content (AvgIpc) is 2.68. The van der Waals surface area contributed by atoms with Gasteiger partial charge in [-0.3, -0.25) is 4.79 Å². The van der Waals surface area contributed by atoms with Gasteiger partial charge >= 0.3 is 0 Å². The van der Waals surface area contributed by atoms with Crippen LogP contribution in [-0.4, -0.2) is 40.8 Å². The zero-order valence-corrected chi connectivity index (χ0v) is 12.6. The number of benzene rings is 1. The number of halogens is 1. The molecule has 0 saturated carbocycles. The lowest BCUT2D eigenvalue weighted by Crippen LogP contribution is -2.22. The van der Waals surface area contributed by atoms with Crippen molar-refractivity contribution in [1.82, 2.24) is 4.57 Å². The Bertz CT molecular complexity index is 755. The third kappa shape index (κ3) is 2.59. The second-order valence-electron chi connectivity index (χ2n) is 4.92. The lowest BCUT2D eigenvalue weighted by Gasteiger charge is -2.27. The normalized spacial score (nSPS) is 15.5. The van der Waals surface area contributed by atoms with E-state index in [0.717, 1.165) is 11.5 Å². The van der Waals surface area contributed by atoms with Crippen LogP contribution < -0.4 is 0 Å². The first-order valence-electron chi connectivity index (χ1n) is 6.65. The second kappa shape index (κ2) is 6.05. The molecule has 1 aromatic heterocycles. The van der Waals surface area contributed by atoms with Gasteiger partial charge in [0, 0.05) is 24.0 Å². The SMILES string of the molecule is COCC(=O)N=Nc1c(O)n(C2CSC2)c2ccc(F)cc12. The third-order valence-electron chi connectivity index (χ3n) is 3.43. The zero-order chi connectivity index (χ0) is 15.7. The number of thioether (sulfide) groups is 1. The van der Waals surface area contributed by atoms with Gasteiger partial charge in [-0.15, -0.1) is 10.2 Å². The van der Waals surface area contributed by atoms with Gasteiger partial charge < -0.3 is 14.4 Å². The van der Waals surface area contributed by atoms with Crippen molar-refractivity contribution in [1.29, 1.82) is 0 Å². The first-order chi connectivity index (χ1) is 10.6. The summed E-state index contributed by atoms with van der Waals surface area (Å²) in [6.07, 6.45) is 0. The van der Waals surface area contributed by atoms with Gasteiger partial charge in [0.2, 0.25) is 5.88 Å². The Balaban J connectivity index is 2.09. The molecule has 3 rings (SSSR count). The van der Waals surface area contributed by atoms with E-state index in [1.165, 1.54) is 19.2 Å². The molecule has 2 heterocycles. The standard InChI is InChI=1S/C14H14FN3O3S/c1-21-5-12(19)16-17-13-10-4-8(15)2-3-11(10)18(14(13)20)9-6-22-7-9/h2-4,9,20H,5-7H2,1H3. The number of amides is 1. The number of aromatic nitrogens is 1. The Labute approximate surface area is 130 Å². The number of methoxy groups -OCH3 is 1. The molecule has 0 atom stereocenters.